The third kappa shape index (κ3) is 5.23. The number of furan rings is 1. The van der Waals surface area contributed by atoms with Gasteiger partial charge in [-0.25, -0.2) is 19.9 Å². The Balaban J connectivity index is 1.10. The number of rotatable bonds is 5. The summed E-state index contributed by atoms with van der Waals surface area (Å²) in [4.78, 5) is 21.0. The van der Waals surface area contributed by atoms with Crippen LogP contribution in [0.3, 0.4) is 0 Å². The van der Waals surface area contributed by atoms with Crippen molar-refractivity contribution >= 4 is 75.8 Å². The van der Waals surface area contributed by atoms with Gasteiger partial charge >= 0.3 is 0 Å². The highest BCUT2D eigenvalue weighted by molar-refractivity contribution is 7.21. The average molecular weight is 759 g/mol. The van der Waals surface area contributed by atoms with Crippen molar-refractivity contribution in [2.24, 2.45) is 0 Å². The number of benzene rings is 9. The zero-order valence-electron chi connectivity index (χ0n) is 30.9. The van der Waals surface area contributed by atoms with E-state index in [1.807, 2.05) is 6.07 Å². The number of hydrogen-bond donors (Lipinski definition) is 0. The zero-order valence-corrected chi connectivity index (χ0v) is 31.7. The Bertz CT molecular complexity index is 3570. The molecular formula is C52H30N4OS. The SMILES string of the molecule is c1ccc(-c2nc3c(ccc4oc5ccc6ccc(-c7nc(-c8cccc9ccccc89)nc(-c8ccc(-c9ccccc9)c9ccccc89)n7)cc6c5c43)s2)cc1. The summed E-state index contributed by atoms with van der Waals surface area (Å²) in [6, 6.07) is 63.3. The normalized spacial score (nSPS) is 11.8. The van der Waals surface area contributed by atoms with E-state index in [2.05, 4.69) is 176 Å². The maximum Gasteiger partial charge on any atom is 0.164 e. The molecule has 0 radical (unpaired) electrons. The first-order valence-electron chi connectivity index (χ1n) is 19.3. The van der Waals surface area contributed by atoms with Crippen LogP contribution in [0.5, 0.6) is 0 Å². The molecule has 58 heavy (non-hydrogen) atoms. The summed E-state index contributed by atoms with van der Waals surface area (Å²) in [6.45, 7) is 0. The van der Waals surface area contributed by atoms with Crippen molar-refractivity contribution in [3.05, 3.63) is 182 Å². The van der Waals surface area contributed by atoms with E-state index in [-0.39, 0.29) is 0 Å². The Labute approximate surface area is 336 Å². The molecule has 0 fully saturated rings. The first kappa shape index (κ1) is 32.7. The van der Waals surface area contributed by atoms with E-state index >= 15 is 0 Å². The van der Waals surface area contributed by atoms with E-state index in [0.717, 1.165) is 91.7 Å². The number of thiazole rings is 1. The maximum atomic E-state index is 6.53. The Morgan fingerprint density at radius 1 is 0.362 bits per heavy atom. The van der Waals surface area contributed by atoms with Gasteiger partial charge < -0.3 is 4.42 Å². The molecule has 12 aromatic rings. The van der Waals surface area contributed by atoms with Gasteiger partial charge in [0.1, 0.15) is 16.2 Å². The minimum absolute atomic E-state index is 0.598. The van der Waals surface area contributed by atoms with Crippen molar-refractivity contribution in [2.75, 3.05) is 0 Å². The fraction of sp³-hybridized carbons (Fsp3) is 0. The molecule has 0 aliphatic rings. The summed E-state index contributed by atoms with van der Waals surface area (Å²) in [5.74, 6) is 1.84. The average Bonchev–Trinajstić information content (AvgIpc) is 3.91. The third-order valence-corrected chi connectivity index (χ3v) is 12.2. The van der Waals surface area contributed by atoms with E-state index in [1.165, 1.54) is 11.1 Å². The monoisotopic (exact) mass is 758 g/mol. The lowest BCUT2D eigenvalue weighted by Crippen LogP contribution is -2.01. The Morgan fingerprint density at radius 2 is 0.948 bits per heavy atom. The van der Waals surface area contributed by atoms with Crippen LogP contribution in [0.1, 0.15) is 0 Å². The molecule has 9 aromatic carbocycles. The van der Waals surface area contributed by atoms with E-state index < -0.39 is 0 Å². The minimum Gasteiger partial charge on any atom is -0.456 e. The molecule has 0 amide bonds. The summed E-state index contributed by atoms with van der Waals surface area (Å²) in [5, 5.41) is 9.64. The lowest BCUT2D eigenvalue weighted by atomic mass is 9.94. The van der Waals surface area contributed by atoms with Gasteiger partial charge in [0.2, 0.25) is 0 Å². The summed E-state index contributed by atoms with van der Waals surface area (Å²) >= 11 is 1.70. The van der Waals surface area contributed by atoms with Crippen molar-refractivity contribution < 1.29 is 4.42 Å². The van der Waals surface area contributed by atoms with E-state index in [0.29, 0.717) is 17.5 Å². The summed E-state index contributed by atoms with van der Waals surface area (Å²) in [6.07, 6.45) is 0. The minimum atomic E-state index is 0.598. The molecular weight excluding hydrogens is 729 g/mol. The van der Waals surface area contributed by atoms with Crippen LogP contribution in [0, 0.1) is 0 Å². The van der Waals surface area contributed by atoms with E-state index in [1.54, 1.807) is 11.3 Å². The fourth-order valence-electron chi connectivity index (χ4n) is 8.44. The van der Waals surface area contributed by atoms with Gasteiger partial charge in [-0.15, -0.1) is 11.3 Å². The van der Waals surface area contributed by atoms with Crippen LogP contribution in [-0.4, -0.2) is 19.9 Å². The molecule has 0 bridgehead atoms. The van der Waals surface area contributed by atoms with Crippen LogP contribution < -0.4 is 0 Å². The smallest absolute Gasteiger partial charge is 0.164 e. The molecule has 0 aliphatic carbocycles. The molecule has 270 valence electrons. The maximum absolute atomic E-state index is 6.53. The standard InChI is InChI=1S/C52H30N4OS/c1-3-12-31(13-4-1)37-25-26-41(39-20-10-9-19-38(37)39)51-55-49(54-50(56-51)40-21-11-17-32-14-7-8-18-36(32)40)35-23-22-33-24-27-43-46(42(33)30-35)47-44(57-43)28-29-45-48(47)53-52(58-45)34-15-5-2-6-16-34/h1-30H. The highest BCUT2D eigenvalue weighted by Gasteiger charge is 2.20. The topological polar surface area (TPSA) is 64.7 Å². The second-order valence-corrected chi connectivity index (χ2v) is 15.6. The summed E-state index contributed by atoms with van der Waals surface area (Å²) < 4.78 is 7.65. The van der Waals surface area contributed by atoms with Crippen molar-refractivity contribution in [3.8, 4) is 55.9 Å². The number of fused-ring (bicyclic) bond motifs is 9. The molecule has 0 aliphatic heterocycles. The van der Waals surface area contributed by atoms with Crippen LogP contribution in [0.25, 0.3) is 120 Å². The molecule has 6 heteroatoms. The van der Waals surface area contributed by atoms with E-state index in [4.69, 9.17) is 24.4 Å². The molecule has 0 saturated carbocycles. The number of hydrogen-bond acceptors (Lipinski definition) is 6. The predicted octanol–water partition coefficient (Wildman–Crippen LogP) is 14.2. The van der Waals surface area contributed by atoms with Crippen LogP contribution >= 0.6 is 11.3 Å². The van der Waals surface area contributed by atoms with Crippen molar-refractivity contribution in [2.45, 2.75) is 0 Å². The van der Waals surface area contributed by atoms with Crippen molar-refractivity contribution in [1.82, 2.24) is 19.9 Å². The van der Waals surface area contributed by atoms with Crippen molar-refractivity contribution in [1.29, 1.82) is 0 Å². The molecule has 3 aromatic heterocycles. The van der Waals surface area contributed by atoms with Gasteiger partial charge in [-0.1, -0.05) is 152 Å². The second kappa shape index (κ2) is 13.0. The highest BCUT2D eigenvalue weighted by Crippen LogP contribution is 2.43. The van der Waals surface area contributed by atoms with Crippen LogP contribution in [0.4, 0.5) is 0 Å². The van der Waals surface area contributed by atoms with Gasteiger partial charge in [0.05, 0.1) is 15.6 Å². The molecule has 0 spiro atoms. The Hall–Kier alpha value is -7.54. The lowest BCUT2D eigenvalue weighted by molar-refractivity contribution is 0.669. The van der Waals surface area contributed by atoms with Gasteiger partial charge in [-0.2, -0.15) is 0 Å². The van der Waals surface area contributed by atoms with Crippen LogP contribution in [-0.2, 0) is 0 Å². The van der Waals surface area contributed by atoms with Gasteiger partial charge in [0.15, 0.2) is 17.5 Å². The van der Waals surface area contributed by atoms with Crippen LogP contribution in [0.2, 0.25) is 0 Å². The Morgan fingerprint density at radius 3 is 1.76 bits per heavy atom. The summed E-state index contributed by atoms with van der Waals surface area (Å²) in [7, 11) is 0. The second-order valence-electron chi connectivity index (χ2n) is 14.6. The van der Waals surface area contributed by atoms with E-state index in [9.17, 15) is 0 Å². The van der Waals surface area contributed by atoms with Crippen LogP contribution in [0.15, 0.2) is 186 Å². The first-order chi connectivity index (χ1) is 28.7. The molecule has 3 heterocycles. The zero-order chi connectivity index (χ0) is 38.2. The predicted molar refractivity (Wildman–Crippen MR) is 240 cm³/mol. The molecule has 12 rings (SSSR count). The molecule has 5 nitrogen and oxygen atoms in total. The highest BCUT2D eigenvalue weighted by atomic mass is 32.1. The largest absolute Gasteiger partial charge is 0.456 e. The molecule has 0 unspecified atom stereocenters. The molecule has 0 atom stereocenters. The van der Waals surface area contributed by atoms with Gasteiger partial charge in [0, 0.05) is 27.6 Å². The Kier molecular flexibility index (Phi) is 7.33. The molecule has 0 N–H and O–H groups in total. The number of aromatic nitrogens is 4. The first-order valence-corrected chi connectivity index (χ1v) is 20.1. The quantitative estimate of drug-likeness (QED) is 0.175. The van der Waals surface area contributed by atoms with Crippen molar-refractivity contribution in [3.63, 3.8) is 0 Å². The third-order valence-electron chi connectivity index (χ3n) is 11.2. The number of nitrogens with zero attached hydrogens (tertiary/aromatic N) is 4. The fourth-order valence-corrected chi connectivity index (χ4v) is 9.42. The van der Waals surface area contributed by atoms with Gasteiger partial charge in [-0.05, 0) is 73.8 Å². The summed E-state index contributed by atoms with van der Waals surface area (Å²) in [5.41, 5.74) is 8.81. The van der Waals surface area contributed by atoms with Gasteiger partial charge in [-0.3, -0.25) is 0 Å². The molecule has 0 saturated heterocycles. The lowest BCUT2D eigenvalue weighted by Gasteiger charge is -2.14. The van der Waals surface area contributed by atoms with Gasteiger partial charge in [0.25, 0.3) is 0 Å².